The minimum atomic E-state index is -0.155. The van der Waals surface area contributed by atoms with Crippen LogP contribution in [0, 0.1) is 0 Å². The number of amides is 2. The number of rotatable bonds is 5. The third-order valence-electron chi connectivity index (χ3n) is 5.69. The van der Waals surface area contributed by atoms with Gasteiger partial charge >= 0.3 is 0 Å². The van der Waals surface area contributed by atoms with Gasteiger partial charge in [0.25, 0.3) is 5.91 Å². The van der Waals surface area contributed by atoms with E-state index in [-0.39, 0.29) is 30.5 Å². The Bertz CT molecular complexity index is 1100. The molecular weight excluding hydrogens is 468 g/mol. The van der Waals surface area contributed by atoms with Gasteiger partial charge in [0.2, 0.25) is 5.91 Å². The molecule has 0 saturated carbocycles. The predicted molar refractivity (Wildman–Crippen MR) is 130 cm³/mol. The quantitative estimate of drug-likeness (QED) is 0.455. The molecule has 6 heteroatoms. The van der Waals surface area contributed by atoms with Crippen molar-refractivity contribution in [3.05, 3.63) is 88.9 Å². The van der Waals surface area contributed by atoms with Crippen LogP contribution >= 0.6 is 15.9 Å². The maximum Gasteiger partial charge on any atom is 0.265 e. The van der Waals surface area contributed by atoms with Crippen molar-refractivity contribution < 1.29 is 14.3 Å². The summed E-state index contributed by atoms with van der Waals surface area (Å²) >= 11 is 3.40. The van der Waals surface area contributed by atoms with Gasteiger partial charge in [-0.25, -0.2) is 0 Å². The molecule has 0 N–H and O–H groups in total. The molecule has 0 bridgehead atoms. The minimum absolute atomic E-state index is 0.0263. The molecule has 1 heterocycles. The second-order valence-electron chi connectivity index (χ2n) is 7.89. The van der Waals surface area contributed by atoms with Crippen molar-refractivity contribution in [3.8, 4) is 5.75 Å². The molecule has 5 nitrogen and oxygen atoms in total. The van der Waals surface area contributed by atoms with Crippen molar-refractivity contribution in [2.75, 3.05) is 16.4 Å². The van der Waals surface area contributed by atoms with E-state index < -0.39 is 0 Å². The Morgan fingerprint density at radius 3 is 2.34 bits per heavy atom. The molecule has 0 unspecified atom stereocenters. The first-order chi connectivity index (χ1) is 15.5. The van der Waals surface area contributed by atoms with Crippen molar-refractivity contribution >= 4 is 39.1 Å². The molecule has 1 aliphatic rings. The lowest BCUT2D eigenvalue weighted by Crippen LogP contribution is -2.48. The fourth-order valence-electron chi connectivity index (χ4n) is 4.32. The first kappa shape index (κ1) is 22.1. The summed E-state index contributed by atoms with van der Waals surface area (Å²) in [7, 11) is 0. The lowest BCUT2D eigenvalue weighted by atomic mass is 9.90. The highest BCUT2D eigenvalue weighted by molar-refractivity contribution is 9.10. The Labute approximate surface area is 196 Å². The lowest BCUT2D eigenvalue weighted by molar-refractivity contribution is -0.121. The monoisotopic (exact) mass is 492 g/mol. The van der Waals surface area contributed by atoms with Crippen LogP contribution in [0.4, 0.5) is 11.4 Å². The number of fused-ring (bicyclic) bond motifs is 1. The minimum Gasteiger partial charge on any atom is -0.484 e. The number of anilines is 2. The van der Waals surface area contributed by atoms with Crippen LogP contribution in [0.15, 0.2) is 83.3 Å². The van der Waals surface area contributed by atoms with Gasteiger partial charge < -0.3 is 14.5 Å². The Balaban J connectivity index is 1.62. The molecule has 0 radical (unpaired) electrons. The van der Waals surface area contributed by atoms with Crippen molar-refractivity contribution in [2.24, 2.45) is 0 Å². The molecule has 0 aromatic heterocycles. The van der Waals surface area contributed by atoms with Crippen LogP contribution in [-0.4, -0.2) is 24.5 Å². The maximum absolute atomic E-state index is 13.2. The highest BCUT2D eigenvalue weighted by Gasteiger charge is 2.37. The number of para-hydroxylation sites is 2. The number of nitrogens with zero attached hydrogens (tertiary/aromatic N) is 2. The third-order valence-corrected chi connectivity index (χ3v) is 6.22. The fraction of sp³-hybridized carbons (Fsp3) is 0.231. The van der Waals surface area contributed by atoms with Gasteiger partial charge in [0.1, 0.15) is 5.75 Å². The Morgan fingerprint density at radius 1 is 1.00 bits per heavy atom. The van der Waals surface area contributed by atoms with Gasteiger partial charge in [0.05, 0.1) is 6.04 Å². The highest BCUT2D eigenvalue weighted by Crippen LogP contribution is 2.42. The first-order valence-electron chi connectivity index (χ1n) is 10.6. The van der Waals surface area contributed by atoms with E-state index in [2.05, 4.69) is 15.9 Å². The summed E-state index contributed by atoms with van der Waals surface area (Å²) in [5.74, 6) is 0.506. The van der Waals surface area contributed by atoms with Crippen molar-refractivity contribution in [3.63, 3.8) is 0 Å². The smallest absolute Gasteiger partial charge is 0.265 e. The van der Waals surface area contributed by atoms with E-state index in [1.165, 1.54) is 0 Å². The second kappa shape index (κ2) is 9.57. The van der Waals surface area contributed by atoms with Crippen molar-refractivity contribution in [2.45, 2.75) is 32.4 Å². The van der Waals surface area contributed by atoms with E-state index in [4.69, 9.17) is 4.74 Å². The summed E-state index contributed by atoms with van der Waals surface area (Å²) in [6.45, 7) is 3.55. The zero-order valence-corrected chi connectivity index (χ0v) is 19.7. The molecule has 0 aliphatic carbocycles. The summed E-state index contributed by atoms with van der Waals surface area (Å²) in [6.07, 6.45) is 0.634. The topological polar surface area (TPSA) is 49.9 Å². The summed E-state index contributed by atoms with van der Waals surface area (Å²) in [5.41, 5.74) is 2.63. The number of hydrogen-bond donors (Lipinski definition) is 0. The molecule has 0 spiro atoms. The van der Waals surface area contributed by atoms with Gasteiger partial charge in [-0.15, -0.1) is 0 Å². The number of carbonyl (C=O) groups is 2. The maximum atomic E-state index is 13.2. The summed E-state index contributed by atoms with van der Waals surface area (Å²) in [6, 6.07) is 24.7. The third kappa shape index (κ3) is 4.55. The van der Waals surface area contributed by atoms with Gasteiger partial charge in [-0.1, -0.05) is 52.3 Å². The van der Waals surface area contributed by atoms with E-state index in [0.29, 0.717) is 12.2 Å². The van der Waals surface area contributed by atoms with Crippen LogP contribution in [0.25, 0.3) is 0 Å². The normalized spacial score (nSPS) is 17.4. The Hall–Kier alpha value is -3.12. The second-order valence-corrected chi connectivity index (χ2v) is 8.81. The molecule has 1 aliphatic heterocycles. The van der Waals surface area contributed by atoms with Crippen LogP contribution in [0.1, 0.15) is 31.9 Å². The number of ether oxygens (including phenoxy) is 1. The number of carbonyl (C=O) groups excluding carboxylic acids is 2. The van der Waals surface area contributed by atoms with Gasteiger partial charge in [-0.05, 0) is 61.4 Å². The highest BCUT2D eigenvalue weighted by atomic mass is 79.9. The van der Waals surface area contributed by atoms with Crippen LogP contribution < -0.4 is 14.5 Å². The molecule has 2 atom stereocenters. The molecule has 3 aromatic carbocycles. The average molecular weight is 493 g/mol. The number of hydrogen-bond acceptors (Lipinski definition) is 3. The first-order valence-corrected chi connectivity index (χ1v) is 11.4. The van der Waals surface area contributed by atoms with Crippen LogP contribution in [-0.2, 0) is 9.59 Å². The van der Waals surface area contributed by atoms with Crippen LogP contribution in [0.2, 0.25) is 0 Å². The zero-order valence-electron chi connectivity index (χ0n) is 18.1. The van der Waals surface area contributed by atoms with E-state index in [1.807, 2.05) is 90.7 Å². The molecule has 2 amide bonds. The largest absolute Gasteiger partial charge is 0.484 e. The predicted octanol–water partition coefficient (Wildman–Crippen LogP) is 5.75. The number of halogens is 1. The summed E-state index contributed by atoms with van der Waals surface area (Å²) in [5, 5.41) is 0. The van der Waals surface area contributed by atoms with E-state index in [9.17, 15) is 9.59 Å². The Kier molecular flexibility index (Phi) is 6.61. The van der Waals surface area contributed by atoms with Gasteiger partial charge in [-0.3, -0.25) is 9.59 Å². The molecule has 164 valence electrons. The summed E-state index contributed by atoms with van der Waals surface area (Å²) < 4.78 is 6.70. The Morgan fingerprint density at radius 2 is 1.66 bits per heavy atom. The molecule has 0 saturated heterocycles. The van der Waals surface area contributed by atoms with Crippen molar-refractivity contribution in [1.82, 2.24) is 0 Å². The molecule has 3 aromatic rings. The van der Waals surface area contributed by atoms with E-state index in [1.54, 1.807) is 11.8 Å². The van der Waals surface area contributed by atoms with Gasteiger partial charge in [0.15, 0.2) is 6.61 Å². The average Bonchev–Trinajstić information content (AvgIpc) is 2.79. The van der Waals surface area contributed by atoms with Gasteiger partial charge in [-0.2, -0.15) is 0 Å². The van der Waals surface area contributed by atoms with E-state index >= 15 is 0 Å². The van der Waals surface area contributed by atoms with Crippen LogP contribution in [0.5, 0.6) is 5.75 Å². The number of benzene rings is 3. The fourth-order valence-corrected chi connectivity index (χ4v) is 4.59. The van der Waals surface area contributed by atoms with Crippen LogP contribution in [0.3, 0.4) is 0 Å². The molecular formula is C26H25BrN2O3. The SMILES string of the molecule is CC(=O)N(c1ccccc1)[C@@H]1C[C@H](C)N(C(=O)COc2ccc(Br)cc2)c2ccccc21. The molecule has 4 rings (SSSR count). The molecule has 32 heavy (non-hydrogen) atoms. The summed E-state index contributed by atoms with van der Waals surface area (Å²) in [4.78, 5) is 29.5. The molecule has 0 fully saturated rings. The zero-order chi connectivity index (χ0) is 22.7. The standard InChI is InChI=1S/C26H25BrN2O3/c1-18-16-25(29(19(2)30)21-8-4-3-5-9-21)23-10-6-7-11-24(23)28(18)26(31)17-32-22-14-12-20(27)13-15-22/h3-15,18,25H,16-17H2,1-2H3/t18-,25+/m0/s1. The lowest BCUT2D eigenvalue weighted by Gasteiger charge is -2.43. The van der Waals surface area contributed by atoms with Crippen molar-refractivity contribution in [1.29, 1.82) is 0 Å². The van der Waals surface area contributed by atoms with Gasteiger partial charge in [0, 0.05) is 28.8 Å². The van der Waals surface area contributed by atoms with E-state index in [0.717, 1.165) is 21.4 Å².